The third kappa shape index (κ3) is 59.7. The van der Waals surface area contributed by atoms with E-state index in [0.29, 0.717) is 23.9 Å². The van der Waals surface area contributed by atoms with Gasteiger partial charge in [0.05, 0.1) is 34.2 Å². The Labute approximate surface area is 467 Å². The van der Waals surface area contributed by atoms with E-state index >= 15 is 0 Å². The summed E-state index contributed by atoms with van der Waals surface area (Å²) >= 11 is 0. The number of hydrogen-bond acceptors (Lipinski definition) is 8. The minimum Gasteiger partial charge on any atom is -0.756 e. The van der Waals surface area contributed by atoms with Crippen LogP contribution in [0.1, 0.15) is 232 Å². The Morgan fingerprint density at radius 1 is 0.421 bits per heavy atom. The number of allylic oxidation sites excluding steroid dienone is 19. The van der Waals surface area contributed by atoms with Crippen LogP contribution in [0.3, 0.4) is 0 Å². The summed E-state index contributed by atoms with van der Waals surface area (Å²) in [4.78, 5) is 37.7. The lowest BCUT2D eigenvalue weighted by Crippen LogP contribution is -2.37. The summed E-state index contributed by atoms with van der Waals surface area (Å²) < 4.78 is 34.0. The molecule has 76 heavy (non-hydrogen) atoms. The Morgan fingerprint density at radius 2 is 0.750 bits per heavy atom. The van der Waals surface area contributed by atoms with Crippen LogP contribution in [0.15, 0.2) is 122 Å². The highest BCUT2D eigenvalue weighted by Crippen LogP contribution is 2.38. The summed E-state index contributed by atoms with van der Waals surface area (Å²) in [7, 11) is 1.11. The molecule has 0 saturated carbocycles. The van der Waals surface area contributed by atoms with Gasteiger partial charge in [0.1, 0.15) is 19.8 Å². The van der Waals surface area contributed by atoms with Gasteiger partial charge in [-0.1, -0.05) is 257 Å². The Balaban J connectivity index is 4.04. The van der Waals surface area contributed by atoms with Gasteiger partial charge in [0.25, 0.3) is 7.82 Å². The van der Waals surface area contributed by atoms with Crippen molar-refractivity contribution in [1.29, 1.82) is 0 Å². The molecule has 0 saturated heterocycles. The molecule has 0 amide bonds. The van der Waals surface area contributed by atoms with Crippen molar-refractivity contribution in [3.63, 3.8) is 0 Å². The van der Waals surface area contributed by atoms with Crippen molar-refractivity contribution in [3.05, 3.63) is 122 Å². The highest BCUT2D eigenvalue weighted by atomic mass is 31.2. The smallest absolute Gasteiger partial charge is 0.309 e. The van der Waals surface area contributed by atoms with Crippen molar-refractivity contribution < 1.29 is 42.1 Å². The van der Waals surface area contributed by atoms with E-state index in [1.165, 1.54) is 116 Å². The number of hydrogen-bond donors (Lipinski definition) is 0. The first-order valence-electron chi connectivity index (χ1n) is 30.2. The number of carbonyl (C=O) groups excluding carboxylic acids is 2. The van der Waals surface area contributed by atoms with Gasteiger partial charge in [0, 0.05) is 6.42 Å². The topological polar surface area (TPSA) is 111 Å². The zero-order chi connectivity index (χ0) is 55.6. The minimum absolute atomic E-state index is 0.0410. The quantitative estimate of drug-likeness (QED) is 0.0195. The zero-order valence-electron chi connectivity index (χ0n) is 49.2. The van der Waals surface area contributed by atoms with Crippen molar-refractivity contribution in [2.75, 3.05) is 47.5 Å². The molecular formula is C66H112NO8P. The Morgan fingerprint density at radius 3 is 1.12 bits per heavy atom. The molecule has 434 valence electrons. The van der Waals surface area contributed by atoms with Crippen LogP contribution in [-0.4, -0.2) is 70.0 Å². The van der Waals surface area contributed by atoms with Crippen LogP contribution in [-0.2, 0) is 32.7 Å². The lowest BCUT2D eigenvalue weighted by Gasteiger charge is -2.28. The van der Waals surface area contributed by atoms with Crippen LogP contribution in [0.2, 0.25) is 0 Å². The number of phosphoric ester groups is 1. The van der Waals surface area contributed by atoms with Crippen LogP contribution < -0.4 is 4.89 Å². The molecule has 0 spiro atoms. The van der Waals surface area contributed by atoms with Gasteiger partial charge in [0.2, 0.25) is 0 Å². The van der Waals surface area contributed by atoms with Crippen LogP contribution in [0, 0.1) is 0 Å². The maximum Gasteiger partial charge on any atom is 0.309 e. The molecule has 0 aromatic rings. The van der Waals surface area contributed by atoms with Gasteiger partial charge >= 0.3 is 11.9 Å². The first kappa shape index (κ1) is 72.4. The van der Waals surface area contributed by atoms with E-state index in [2.05, 4.69) is 117 Å². The summed E-state index contributed by atoms with van der Waals surface area (Å²) in [6, 6.07) is 0. The second-order valence-electron chi connectivity index (χ2n) is 21.0. The van der Waals surface area contributed by atoms with Gasteiger partial charge in [-0.2, -0.15) is 0 Å². The van der Waals surface area contributed by atoms with E-state index in [1.54, 1.807) is 6.08 Å². The fourth-order valence-corrected chi connectivity index (χ4v) is 8.66. The van der Waals surface area contributed by atoms with E-state index in [-0.39, 0.29) is 26.1 Å². The largest absolute Gasteiger partial charge is 0.756 e. The molecule has 0 rings (SSSR count). The molecule has 10 heteroatoms. The number of unbranched alkanes of at least 4 members (excludes halogenated alkanes) is 21. The number of quaternary nitrogens is 1. The normalized spacial score (nSPS) is 14.1. The van der Waals surface area contributed by atoms with E-state index in [0.717, 1.165) is 77.0 Å². The van der Waals surface area contributed by atoms with E-state index in [4.69, 9.17) is 18.5 Å². The summed E-state index contributed by atoms with van der Waals surface area (Å²) in [5, 5.41) is 0. The fraction of sp³-hybridized carbons (Fsp3) is 0.667. The van der Waals surface area contributed by atoms with Gasteiger partial charge in [-0.3, -0.25) is 14.2 Å². The van der Waals surface area contributed by atoms with Crippen molar-refractivity contribution in [2.24, 2.45) is 0 Å². The lowest BCUT2D eigenvalue weighted by molar-refractivity contribution is -0.870. The molecule has 0 aromatic carbocycles. The molecule has 0 aromatic heterocycles. The van der Waals surface area contributed by atoms with Gasteiger partial charge < -0.3 is 27.9 Å². The van der Waals surface area contributed by atoms with Crippen molar-refractivity contribution >= 4 is 19.8 Å². The van der Waals surface area contributed by atoms with Crippen molar-refractivity contribution in [1.82, 2.24) is 0 Å². The molecule has 0 fully saturated rings. The predicted molar refractivity (Wildman–Crippen MR) is 323 cm³/mol. The molecular weight excluding hydrogens is 966 g/mol. The third-order valence-electron chi connectivity index (χ3n) is 12.5. The van der Waals surface area contributed by atoms with E-state index < -0.39 is 32.5 Å². The molecule has 0 heterocycles. The average Bonchev–Trinajstić information content (AvgIpc) is 3.38. The number of rotatable bonds is 54. The van der Waals surface area contributed by atoms with Crippen LogP contribution in [0.5, 0.6) is 0 Å². The minimum atomic E-state index is -4.66. The highest BCUT2D eigenvalue weighted by molar-refractivity contribution is 7.45. The van der Waals surface area contributed by atoms with E-state index in [9.17, 15) is 19.0 Å². The summed E-state index contributed by atoms with van der Waals surface area (Å²) in [5.74, 6) is -0.982. The van der Waals surface area contributed by atoms with E-state index in [1.807, 2.05) is 33.3 Å². The molecule has 9 nitrogen and oxygen atoms in total. The highest BCUT2D eigenvalue weighted by Gasteiger charge is 2.21. The SMILES string of the molecule is CC/C=C\C/C=C\C/C=C\C/C=C\C/C=C\CCCCCCCCCCCCCCCCCCCCCCCC(=O)OC(COC(=O)C/C=C\C/C=C\C/C=C\C/C=C\C/C=C\CC)COP(=O)([O-])OCC[N+](C)(C)C. The maximum absolute atomic E-state index is 12.8. The second kappa shape index (κ2) is 56.1. The number of carbonyl (C=O) groups is 2. The van der Waals surface area contributed by atoms with Crippen LogP contribution in [0.25, 0.3) is 0 Å². The molecule has 2 unspecified atom stereocenters. The molecule has 0 N–H and O–H groups in total. The molecule has 0 radical (unpaired) electrons. The second-order valence-corrected chi connectivity index (χ2v) is 22.4. The lowest BCUT2D eigenvalue weighted by atomic mass is 10.0. The molecule has 0 aliphatic rings. The standard InChI is InChI=1S/C66H112NO8P/c1-6-8-10-12-14-16-18-20-22-23-24-25-26-27-28-29-30-31-32-33-34-35-36-37-38-39-40-41-42-43-45-47-49-51-53-55-57-59-66(69)75-64(63-74-76(70,71)73-61-60-67(3,4)5)62-72-65(68)58-56-54-52-50-48-46-44-21-19-17-15-13-11-9-7-2/h8-11,14-17,20-22,24-25,27-28,44,48,50,54,56,64H,6-7,12-13,18-19,23,26,29-43,45-47,49,51-53,55,57-63H2,1-5H3/b10-8-,11-9-,16-14-,17-15-,22-20-,25-24-,28-27-,44-21-,50-48-,56-54-. The van der Waals surface area contributed by atoms with Crippen LogP contribution >= 0.6 is 7.82 Å². The van der Waals surface area contributed by atoms with Gasteiger partial charge in [-0.15, -0.1) is 0 Å². The summed E-state index contributed by atoms with van der Waals surface area (Å²) in [6.45, 7) is 3.89. The summed E-state index contributed by atoms with van der Waals surface area (Å²) in [6.07, 6.45) is 80.2. The number of phosphoric acid groups is 1. The summed E-state index contributed by atoms with van der Waals surface area (Å²) in [5.41, 5.74) is 0. The Kier molecular flexibility index (Phi) is 53.5. The monoisotopic (exact) mass is 1080 g/mol. The average molecular weight is 1080 g/mol. The molecule has 2 atom stereocenters. The first-order valence-corrected chi connectivity index (χ1v) is 31.7. The zero-order valence-corrected chi connectivity index (χ0v) is 50.0. The van der Waals surface area contributed by atoms with Crippen LogP contribution in [0.4, 0.5) is 0 Å². The fourth-order valence-electron chi connectivity index (χ4n) is 7.93. The first-order chi connectivity index (χ1) is 37.0. The van der Waals surface area contributed by atoms with Crippen molar-refractivity contribution in [3.8, 4) is 0 Å². The maximum atomic E-state index is 12.8. The Bertz CT molecular complexity index is 1700. The van der Waals surface area contributed by atoms with Crippen molar-refractivity contribution in [2.45, 2.75) is 238 Å². The number of ether oxygens (including phenoxy) is 2. The van der Waals surface area contributed by atoms with Gasteiger partial charge in [0.15, 0.2) is 6.10 Å². The number of nitrogens with zero attached hydrogens (tertiary/aromatic N) is 1. The molecule has 0 aliphatic heterocycles. The van der Waals surface area contributed by atoms with Gasteiger partial charge in [-0.25, -0.2) is 0 Å². The van der Waals surface area contributed by atoms with Gasteiger partial charge in [-0.05, 0) is 83.5 Å². The molecule has 0 aliphatic carbocycles. The predicted octanol–water partition coefficient (Wildman–Crippen LogP) is 18.5. The molecule has 0 bridgehead atoms. The third-order valence-corrected chi connectivity index (χ3v) is 13.5. The number of esters is 2. The Hall–Kier alpha value is -3.59. The number of likely N-dealkylation sites (N-methyl/N-ethyl adjacent to an activating group) is 1.